The van der Waals surface area contributed by atoms with Gasteiger partial charge in [0.25, 0.3) is 5.91 Å². The molecule has 0 aliphatic carbocycles. The summed E-state index contributed by atoms with van der Waals surface area (Å²) in [4.78, 5) is 23.9. The Morgan fingerprint density at radius 3 is 2.50 bits per heavy atom. The lowest BCUT2D eigenvalue weighted by atomic mass is 10.2. The zero-order valence-corrected chi connectivity index (χ0v) is 16.1. The fourth-order valence-electron chi connectivity index (χ4n) is 2.19. The normalized spacial score (nSPS) is 11.9. The number of hydrogen-bond donors (Lipinski definition) is 2. The summed E-state index contributed by atoms with van der Waals surface area (Å²) >= 11 is 0. The lowest BCUT2D eigenvalue weighted by Crippen LogP contribution is -2.40. The van der Waals surface area contributed by atoms with Gasteiger partial charge in [-0.3, -0.25) is 9.59 Å². The molecular formula is C19H19N3O5S. The number of ether oxygens (including phenoxy) is 1. The van der Waals surface area contributed by atoms with E-state index >= 15 is 0 Å². The number of esters is 1. The monoisotopic (exact) mass is 401 g/mol. The van der Waals surface area contributed by atoms with Crippen LogP contribution in [-0.2, 0) is 24.3 Å². The molecule has 0 fully saturated rings. The molecule has 0 bridgehead atoms. The van der Waals surface area contributed by atoms with Crippen molar-refractivity contribution in [1.29, 1.82) is 5.26 Å². The molecule has 0 unspecified atom stereocenters. The second kappa shape index (κ2) is 9.12. The lowest BCUT2D eigenvalue weighted by Gasteiger charge is -2.14. The van der Waals surface area contributed by atoms with Crippen molar-refractivity contribution < 1.29 is 22.7 Å². The number of nitriles is 1. The number of hydrogen-bond acceptors (Lipinski definition) is 6. The van der Waals surface area contributed by atoms with Gasteiger partial charge in [0, 0.05) is 5.69 Å². The average molecular weight is 401 g/mol. The van der Waals surface area contributed by atoms with Crippen molar-refractivity contribution in [2.24, 2.45) is 0 Å². The smallest absolute Gasteiger partial charge is 0.324 e. The van der Waals surface area contributed by atoms with Gasteiger partial charge in [-0.2, -0.15) is 9.98 Å². The fraction of sp³-hybridized carbons (Fsp3) is 0.211. The molecule has 1 amide bonds. The van der Waals surface area contributed by atoms with Crippen molar-refractivity contribution in [3.05, 3.63) is 59.7 Å². The Kier molecular flexibility index (Phi) is 6.87. The van der Waals surface area contributed by atoms with Crippen molar-refractivity contribution in [3.63, 3.8) is 0 Å². The van der Waals surface area contributed by atoms with Crippen molar-refractivity contribution in [2.45, 2.75) is 24.8 Å². The molecule has 2 aromatic rings. The van der Waals surface area contributed by atoms with E-state index in [1.165, 1.54) is 25.1 Å². The first-order chi connectivity index (χ1) is 13.2. The topological polar surface area (TPSA) is 125 Å². The minimum atomic E-state index is -3.90. The van der Waals surface area contributed by atoms with Gasteiger partial charge in [-0.25, -0.2) is 8.42 Å². The van der Waals surface area contributed by atoms with Crippen LogP contribution in [0.5, 0.6) is 0 Å². The van der Waals surface area contributed by atoms with Crippen molar-refractivity contribution in [3.8, 4) is 6.07 Å². The maximum atomic E-state index is 12.3. The molecular weight excluding hydrogens is 382 g/mol. The zero-order valence-electron chi connectivity index (χ0n) is 15.3. The Morgan fingerprint density at radius 2 is 1.86 bits per heavy atom. The highest BCUT2D eigenvalue weighted by Gasteiger charge is 2.23. The van der Waals surface area contributed by atoms with E-state index in [0.717, 1.165) is 5.56 Å². The van der Waals surface area contributed by atoms with Crippen LogP contribution in [0.2, 0.25) is 0 Å². The second-order valence-electron chi connectivity index (χ2n) is 6.00. The predicted octanol–water partition coefficient (Wildman–Crippen LogP) is 1.72. The van der Waals surface area contributed by atoms with Gasteiger partial charge >= 0.3 is 5.97 Å². The van der Waals surface area contributed by atoms with Crippen LogP contribution in [0.4, 0.5) is 5.69 Å². The number of nitrogens with one attached hydrogen (secondary N) is 2. The van der Waals surface area contributed by atoms with Crippen molar-refractivity contribution >= 4 is 27.6 Å². The third-order valence-corrected chi connectivity index (χ3v) is 5.19. The van der Waals surface area contributed by atoms with Crippen LogP contribution in [0.15, 0.2) is 53.4 Å². The first-order valence-corrected chi connectivity index (χ1v) is 9.75. The molecule has 28 heavy (non-hydrogen) atoms. The van der Waals surface area contributed by atoms with E-state index in [1.54, 1.807) is 30.3 Å². The van der Waals surface area contributed by atoms with Crippen LogP contribution in [-0.4, -0.2) is 32.9 Å². The van der Waals surface area contributed by atoms with Crippen LogP contribution in [0.25, 0.3) is 0 Å². The quantitative estimate of drug-likeness (QED) is 0.681. The zero-order chi connectivity index (χ0) is 20.7. The van der Waals surface area contributed by atoms with E-state index in [-0.39, 0.29) is 4.90 Å². The van der Waals surface area contributed by atoms with E-state index in [2.05, 4.69) is 10.0 Å². The molecule has 0 radical (unpaired) electrons. The first-order valence-electron chi connectivity index (χ1n) is 8.27. The number of amides is 1. The summed E-state index contributed by atoms with van der Waals surface area (Å²) in [6, 6.07) is 13.1. The van der Waals surface area contributed by atoms with E-state index in [0.29, 0.717) is 11.3 Å². The molecule has 0 saturated carbocycles. The Hall–Kier alpha value is -3.22. The van der Waals surface area contributed by atoms with Gasteiger partial charge in [-0.15, -0.1) is 0 Å². The molecule has 0 aromatic heterocycles. The molecule has 8 nitrogen and oxygen atoms in total. The number of benzene rings is 2. The minimum Gasteiger partial charge on any atom is -0.454 e. The first kappa shape index (κ1) is 21.1. The van der Waals surface area contributed by atoms with E-state index < -0.39 is 34.5 Å². The largest absolute Gasteiger partial charge is 0.454 e. The standard InChI is InChI=1S/C19H19N3O5S/c1-13-6-8-17(9-7-13)28(25,26)22-14(2)19(24)27-12-18(23)21-16-5-3-4-15(10-16)11-20/h3-10,14,22H,12H2,1-2H3,(H,21,23)/t14-/m0/s1. The van der Waals surface area contributed by atoms with Gasteiger partial charge in [0.1, 0.15) is 6.04 Å². The molecule has 0 aliphatic heterocycles. The summed E-state index contributed by atoms with van der Waals surface area (Å²) in [6.45, 7) is 2.56. The maximum Gasteiger partial charge on any atom is 0.324 e. The third-order valence-electron chi connectivity index (χ3n) is 3.64. The second-order valence-corrected chi connectivity index (χ2v) is 7.72. The average Bonchev–Trinajstić information content (AvgIpc) is 2.66. The summed E-state index contributed by atoms with van der Waals surface area (Å²) in [5.41, 5.74) is 1.65. The molecule has 0 spiro atoms. The number of carbonyl (C=O) groups is 2. The highest BCUT2D eigenvalue weighted by atomic mass is 32.2. The number of sulfonamides is 1. The highest BCUT2D eigenvalue weighted by Crippen LogP contribution is 2.11. The Balaban J connectivity index is 1.88. The SMILES string of the molecule is Cc1ccc(S(=O)(=O)N[C@@H](C)C(=O)OCC(=O)Nc2cccc(C#N)c2)cc1. The summed E-state index contributed by atoms with van der Waals surface area (Å²) in [5, 5.41) is 11.3. The van der Waals surface area contributed by atoms with Gasteiger partial charge < -0.3 is 10.1 Å². The Morgan fingerprint density at radius 1 is 1.18 bits per heavy atom. The number of carbonyl (C=O) groups excluding carboxylic acids is 2. The Bertz CT molecular complexity index is 1010. The van der Waals surface area contributed by atoms with Gasteiger partial charge in [0.15, 0.2) is 6.61 Å². The van der Waals surface area contributed by atoms with Gasteiger partial charge in [0.2, 0.25) is 10.0 Å². The molecule has 2 aromatic carbocycles. The Labute approximate surface area is 163 Å². The van der Waals surface area contributed by atoms with Crippen molar-refractivity contribution in [2.75, 3.05) is 11.9 Å². The number of rotatable bonds is 7. The number of aryl methyl sites for hydroxylation is 1. The van der Waals surface area contributed by atoms with E-state index in [1.807, 2.05) is 13.0 Å². The molecule has 0 saturated heterocycles. The fourth-order valence-corrected chi connectivity index (χ4v) is 3.38. The molecule has 0 heterocycles. The van der Waals surface area contributed by atoms with Crippen molar-refractivity contribution in [1.82, 2.24) is 4.72 Å². The number of anilines is 1. The van der Waals surface area contributed by atoms with E-state index in [9.17, 15) is 18.0 Å². The van der Waals surface area contributed by atoms with Gasteiger partial charge in [-0.05, 0) is 44.2 Å². The molecule has 9 heteroatoms. The van der Waals surface area contributed by atoms with Crippen LogP contribution in [0, 0.1) is 18.3 Å². The van der Waals surface area contributed by atoms with Gasteiger partial charge in [-0.1, -0.05) is 23.8 Å². The molecule has 1 atom stereocenters. The maximum absolute atomic E-state index is 12.3. The minimum absolute atomic E-state index is 0.0212. The van der Waals surface area contributed by atoms with Crippen LogP contribution >= 0.6 is 0 Å². The predicted molar refractivity (Wildman–Crippen MR) is 102 cm³/mol. The molecule has 2 rings (SSSR count). The molecule has 2 N–H and O–H groups in total. The molecule has 146 valence electrons. The third kappa shape index (κ3) is 5.90. The van der Waals surface area contributed by atoms with Gasteiger partial charge in [0.05, 0.1) is 16.5 Å². The summed E-state index contributed by atoms with van der Waals surface area (Å²) < 4.78 is 31.6. The summed E-state index contributed by atoms with van der Waals surface area (Å²) in [7, 11) is -3.90. The number of nitrogens with zero attached hydrogens (tertiary/aromatic N) is 1. The van der Waals surface area contributed by atoms with Crippen LogP contribution in [0.3, 0.4) is 0 Å². The van der Waals surface area contributed by atoms with Crippen LogP contribution < -0.4 is 10.0 Å². The van der Waals surface area contributed by atoms with E-state index in [4.69, 9.17) is 10.00 Å². The summed E-state index contributed by atoms with van der Waals surface area (Å²) in [5.74, 6) is -1.51. The molecule has 0 aliphatic rings. The highest BCUT2D eigenvalue weighted by molar-refractivity contribution is 7.89. The lowest BCUT2D eigenvalue weighted by molar-refractivity contribution is -0.148. The summed E-state index contributed by atoms with van der Waals surface area (Å²) in [6.07, 6.45) is 0. The van der Waals surface area contributed by atoms with Crippen LogP contribution in [0.1, 0.15) is 18.1 Å².